The fraction of sp³-hybridized carbons (Fsp3) is 0.923. The van der Waals surface area contributed by atoms with E-state index in [0.29, 0.717) is 6.54 Å². The van der Waals surface area contributed by atoms with Gasteiger partial charge in [0.2, 0.25) is 0 Å². The van der Waals surface area contributed by atoms with Gasteiger partial charge in [-0.2, -0.15) is 0 Å². The van der Waals surface area contributed by atoms with Crippen LogP contribution in [-0.4, -0.2) is 47.7 Å². The van der Waals surface area contributed by atoms with E-state index in [-0.39, 0.29) is 0 Å². The van der Waals surface area contributed by atoms with Gasteiger partial charge in [-0.25, -0.2) is 0 Å². The van der Waals surface area contributed by atoms with Gasteiger partial charge in [0.25, 0.3) is 0 Å². The van der Waals surface area contributed by atoms with Gasteiger partial charge in [0.15, 0.2) is 0 Å². The van der Waals surface area contributed by atoms with E-state index in [4.69, 9.17) is 0 Å². The smallest absolute Gasteiger partial charge is 0.324 e. The van der Waals surface area contributed by atoms with Crippen LogP contribution in [0.5, 0.6) is 0 Å². The van der Waals surface area contributed by atoms with Crippen LogP contribution in [0.3, 0.4) is 0 Å². The number of carboxylic acids is 1. The molecule has 1 fully saturated rings. The van der Waals surface area contributed by atoms with E-state index in [1.54, 1.807) is 6.92 Å². The molecule has 0 amide bonds. The maximum absolute atomic E-state index is 11.4. The summed E-state index contributed by atoms with van der Waals surface area (Å²) in [4.78, 5) is 13.6. The van der Waals surface area contributed by atoms with Gasteiger partial charge in [-0.1, -0.05) is 13.8 Å². The van der Waals surface area contributed by atoms with E-state index in [0.717, 1.165) is 32.0 Å². The number of carbonyl (C=O) groups is 1. The fourth-order valence-corrected chi connectivity index (χ4v) is 2.02. The first-order valence-corrected chi connectivity index (χ1v) is 6.72. The molecule has 4 heteroatoms. The number of hydrogen-bond acceptors (Lipinski definition) is 3. The van der Waals surface area contributed by atoms with Crippen molar-refractivity contribution in [1.29, 1.82) is 0 Å². The monoisotopic (exact) mass is 242 g/mol. The highest BCUT2D eigenvalue weighted by molar-refractivity contribution is 5.78. The van der Waals surface area contributed by atoms with Crippen molar-refractivity contribution in [1.82, 2.24) is 10.2 Å². The van der Waals surface area contributed by atoms with Crippen molar-refractivity contribution >= 4 is 5.97 Å². The van der Waals surface area contributed by atoms with E-state index >= 15 is 0 Å². The van der Waals surface area contributed by atoms with Crippen LogP contribution in [0.4, 0.5) is 0 Å². The van der Waals surface area contributed by atoms with E-state index in [2.05, 4.69) is 24.1 Å². The number of likely N-dealkylation sites (N-methyl/N-ethyl adjacent to an activating group) is 1. The summed E-state index contributed by atoms with van der Waals surface area (Å²) in [5, 5.41) is 12.5. The SMILES string of the molecule is CCCNC(C)(CN(CC)CC1CC1)C(=O)O. The van der Waals surface area contributed by atoms with Crippen LogP contribution in [0.15, 0.2) is 0 Å². The molecule has 1 rings (SSSR count). The fourth-order valence-electron chi connectivity index (χ4n) is 2.02. The number of aliphatic carboxylic acids is 1. The molecule has 0 saturated heterocycles. The minimum absolute atomic E-state index is 0.593. The van der Waals surface area contributed by atoms with Crippen molar-refractivity contribution in [3.63, 3.8) is 0 Å². The molecule has 1 aliphatic rings. The molecule has 1 aliphatic carbocycles. The highest BCUT2D eigenvalue weighted by atomic mass is 16.4. The second-order valence-electron chi connectivity index (χ2n) is 5.34. The van der Waals surface area contributed by atoms with E-state index in [1.165, 1.54) is 12.8 Å². The normalized spacial score (nSPS) is 19.3. The van der Waals surface area contributed by atoms with Crippen molar-refractivity contribution in [2.75, 3.05) is 26.2 Å². The summed E-state index contributed by atoms with van der Waals surface area (Å²) in [7, 11) is 0. The molecule has 0 aromatic carbocycles. The summed E-state index contributed by atoms with van der Waals surface area (Å²) in [6.07, 6.45) is 3.57. The molecule has 0 aromatic heterocycles. The Bertz CT molecular complexity index is 254. The Kier molecular flexibility index (Phi) is 5.40. The average molecular weight is 242 g/mol. The first kappa shape index (κ1) is 14.5. The van der Waals surface area contributed by atoms with Gasteiger partial charge in [-0.15, -0.1) is 0 Å². The minimum Gasteiger partial charge on any atom is -0.480 e. The predicted octanol–water partition coefficient (Wildman–Crippen LogP) is 1.56. The van der Waals surface area contributed by atoms with Crippen LogP contribution in [0, 0.1) is 5.92 Å². The first-order chi connectivity index (χ1) is 8.01. The third-order valence-electron chi connectivity index (χ3n) is 3.44. The second kappa shape index (κ2) is 6.36. The zero-order chi connectivity index (χ0) is 12.9. The lowest BCUT2D eigenvalue weighted by Crippen LogP contribution is -2.57. The summed E-state index contributed by atoms with van der Waals surface area (Å²) in [5.41, 5.74) is -0.819. The Morgan fingerprint density at radius 3 is 2.53 bits per heavy atom. The lowest BCUT2D eigenvalue weighted by molar-refractivity contribution is -0.145. The Morgan fingerprint density at radius 1 is 1.47 bits per heavy atom. The standard InChI is InChI=1S/C13H26N2O2/c1-4-8-14-13(3,12(16)17)10-15(5-2)9-11-6-7-11/h11,14H,4-10H2,1-3H3,(H,16,17). The molecular weight excluding hydrogens is 216 g/mol. The van der Waals surface area contributed by atoms with Crippen LogP contribution in [0.1, 0.15) is 40.0 Å². The van der Waals surface area contributed by atoms with Gasteiger partial charge in [0.1, 0.15) is 5.54 Å². The van der Waals surface area contributed by atoms with Crippen molar-refractivity contribution < 1.29 is 9.90 Å². The third kappa shape index (κ3) is 4.64. The largest absolute Gasteiger partial charge is 0.480 e. The van der Waals surface area contributed by atoms with Crippen LogP contribution in [-0.2, 0) is 4.79 Å². The molecule has 17 heavy (non-hydrogen) atoms. The van der Waals surface area contributed by atoms with Gasteiger partial charge in [0.05, 0.1) is 0 Å². The molecular formula is C13H26N2O2. The molecule has 4 nitrogen and oxygen atoms in total. The molecule has 1 atom stereocenters. The first-order valence-electron chi connectivity index (χ1n) is 6.72. The molecule has 0 aromatic rings. The summed E-state index contributed by atoms with van der Waals surface area (Å²) < 4.78 is 0. The van der Waals surface area contributed by atoms with Gasteiger partial charge in [-0.3, -0.25) is 4.79 Å². The zero-order valence-corrected chi connectivity index (χ0v) is 11.3. The lowest BCUT2D eigenvalue weighted by atomic mass is 10.0. The van der Waals surface area contributed by atoms with Gasteiger partial charge in [-0.05, 0) is 45.2 Å². The highest BCUT2D eigenvalue weighted by Gasteiger charge is 2.35. The van der Waals surface area contributed by atoms with Crippen LogP contribution < -0.4 is 5.32 Å². The zero-order valence-electron chi connectivity index (χ0n) is 11.3. The molecule has 0 aliphatic heterocycles. The third-order valence-corrected chi connectivity index (χ3v) is 3.44. The van der Waals surface area contributed by atoms with Gasteiger partial charge >= 0.3 is 5.97 Å². The van der Waals surface area contributed by atoms with E-state index in [9.17, 15) is 9.90 Å². The summed E-state index contributed by atoms with van der Waals surface area (Å²) in [6.45, 7) is 9.27. The minimum atomic E-state index is -0.819. The molecule has 0 radical (unpaired) electrons. The Balaban J connectivity index is 2.52. The quantitative estimate of drug-likeness (QED) is 0.644. The maximum atomic E-state index is 11.4. The van der Waals surface area contributed by atoms with Crippen molar-refractivity contribution in [3.8, 4) is 0 Å². The van der Waals surface area contributed by atoms with Crippen LogP contribution in [0.25, 0.3) is 0 Å². The topological polar surface area (TPSA) is 52.6 Å². The molecule has 1 unspecified atom stereocenters. The number of carboxylic acid groups (broad SMARTS) is 1. The molecule has 1 saturated carbocycles. The predicted molar refractivity (Wildman–Crippen MR) is 69.2 cm³/mol. The lowest BCUT2D eigenvalue weighted by Gasteiger charge is -2.32. The van der Waals surface area contributed by atoms with E-state index in [1.807, 2.05) is 0 Å². The Labute approximate surface area is 104 Å². The number of nitrogens with zero attached hydrogens (tertiary/aromatic N) is 1. The van der Waals surface area contributed by atoms with Crippen molar-refractivity contribution in [3.05, 3.63) is 0 Å². The summed E-state index contributed by atoms with van der Waals surface area (Å²) in [5.74, 6) is 0.0550. The van der Waals surface area contributed by atoms with Crippen LogP contribution in [0.2, 0.25) is 0 Å². The van der Waals surface area contributed by atoms with Crippen molar-refractivity contribution in [2.24, 2.45) is 5.92 Å². The molecule has 100 valence electrons. The van der Waals surface area contributed by atoms with Crippen LogP contribution >= 0.6 is 0 Å². The Hall–Kier alpha value is -0.610. The molecule has 0 heterocycles. The number of hydrogen-bond donors (Lipinski definition) is 2. The summed E-state index contributed by atoms with van der Waals surface area (Å²) >= 11 is 0. The highest BCUT2D eigenvalue weighted by Crippen LogP contribution is 2.30. The van der Waals surface area contributed by atoms with E-state index < -0.39 is 11.5 Å². The second-order valence-corrected chi connectivity index (χ2v) is 5.34. The number of rotatable bonds is 9. The average Bonchev–Trinajstić information content (AvgIpc) is 3.09. The molecule has 0 spiro atoms. The van der Waals surface area contributed by atoms with Crippen molar-refractivity contribution in [2.45, 2.75) is 45.6 Å². The molecule has 2 N–H and O–H groups in total. The molecule has 0 bridgehead atoms. The maximum Gasteiger partial charge on any atom is 0.324 e. The van der Waals surface area contributed by atoms with Gasteiger partial charge in [0, 0.05) is 13.1 Å². The van der Waals surface area contributed by atoms with Gasteiger partial charge < -0.3 is 15.3 Å². The summed E-state index contributed by atoms with van der Waals surface area (Å²) in [6, 6.07) is 0. The number of nitrogens with one attached hydrogen (secondary N) is 1. The Morgan fingerprint density at radius 2 is 2.12 bits per heavy atom.